The van der Waals surface area contributed by atoms with Gasteiger partial charge < -0.3 is 5.32 Å². The fourth-order valence-corrected chi connectivity index (χ4v) is 3.08. The standard InChI is InChI=1S/C16H26N2/c1-4-17-15-10-11-18(13(2)3)16(12-15)14-8-6-5-7-9-14/h5-9,13,15-17H,4,10-12H2,1-3H3. The Bertz CT molecular complexity index is 347. The summed E-state index contributed by atoms with van der Waals surface area (Å²) in [5, 5.41) is 3.62. The molecule has 0 saturated carbocycles. The van der Waals surface area contributed by atoms with Gasteiger partial charge in [-0.3, -0.25) is 4.90 Å². The van der Waals surface area contributed by atoms with Crippen LogP contribution in [0.4, 0.5) is 0 Å². The van der Waals surface area contributed by atoms with Crippen LogP contribution >= 0.6 is 0 Å². The quantitative estimate of drug-likeness (QED) is 0.877. The molecule has 2 unspecified atom stereocenters. The molecule has 0 radical (unpaired) electrons. The predicted molar refractivity (Wildman–Crippen MR) is 77.7 cm³/mol. The van der Waals surface area contributed by atoms with Crippen molar-refractivity contribution in [3.63, 3.8) is 0 Å². The minimum atomic E-state index is 0.573. The Morgan fingerprint density at radius 3 is 2.61 bits per heavy atom. The zero-order chi connectivity index (χ0) is 13.0. The van der Waals surface area contributed by atoms with Crippen LogP contribution in [0, 0.1) is 0 Å². The van der Waals surface area contributed by atoms with Crippen LogP contribution in [0.5, 0.6) is 0 Å². The van der Waals surface area contributed by atoms with Crippen molar-refractivity contribution >= 4 is 0 Å². The molecule has 1 aliphatic rings. The normalized spacial score (nSPS) is 25.6. The fourth-order valence-electron chi connectivity index (χ4n) is 3.08. The van der Waals surface area contributed by atoms with Gasteiger partial charge >= 0.3 is 0 Å². The largest absolute Gasteiger partial charge is 0.314 e. The van der Waals surface area contributed by atoms with Gasteiger partial charge in [0.15, 0.2) is 0 Å². The monoisotopic (exact) mass is 246 g/mol. The van der Waals surface area contributed by atoms with Gasteiger partial charge in [-0.25, -0.2) is 0 Å². The highest BCUT2D eigenvalue weighted by Gasteiger charge is 2.30. The SMILES string of the molecule is CCNC1CCN(C(C)C)C(c2ccccc2)C1. The lowest BCUT2D eigenvalue weighted by Gasteiger charge is -2.42. The molecule has 0 amide bonds. The first-order valence-electron chi connectivity index (χ1n) is 7.26. The van der Waals surface area contributed by atoms with Gasteiger partial charge in [0.1, 0.15) is 0 Å². The number of benzene rings is 1. The lowest BCUT2D eigenvalue weighted by molar-refractivity contribution is 0.0930. The first-order chi connectivity index (χ1) is 8.72. The maximum Gasteiger partial charge on any atom is 0.0365 e. The molecule has 100 valence electrons. The van der Waals surface area contributed by atoms with Gasteiger partial charge in [0.05, 0.1) is 0 Å². The molecule has 0 aromatic heterocycles. The molecule has 1 N–H and O–H groups in total. The molecular weight excluding hydrogens is 220 g/mol. The third-order valence-corrected chi connectivity index (χ3v) is 3.98. The topological polar surface area (TPSA) is 15.3 Å². The maximum absolute atomic E-state index is 3.62. The Labute approximate surface area is 111 Å². The lowest BCUT2D eigenvalue weighted by Crippen LogP contribution is -2.46. The van der Waals surface area contributed by atoms with E-state index in [2.05, 4.69) is 61.3 Å². The summed E-state index contributed by atoms with van der Waals surface area (Å²) in [5.41, 5.74) is 1.47. The van der Waals surface area contributed by atoms with Crippen molar-refractivity contribution in [2.24, 2.45) is 0 Å². The molecule has 1 saturated heterocycles. The number of hydrogen-bond acceptors (Lipinski definition) is 2. The molecule has 0 spiro atoms. The van der Waals surface area contributed by atoms with E-state index in [-0.39, 0.29) is 0 Å². The van der Waals surface area contributed by atoms with E-state index < -0.39 is 0 Å². The molecule has 0 aliphatic carbocycles. The molecule has 2 nitrogen and oxygen atoms in total. The third-order valence-electron chi connectivity index (χ3n) is 3.98. The molecule has 1 aromatic rings. The van der Waals surface area contributed by atoms with Crippen molar-refractivity contribution < 1.29 is 0 Å². The highest BCUT2D eigenvalue weighted by molar-refractivity contribution is 5.20. The van der Waals surface area contributed by atoms with E-state index in [0.29, 0.717) is 18.1 Å². The van der Waals surface area contributed by atoms with Crippen molar-refractivity contribution in [2.45, 2.75) is 51.7 Å². The summed E-state index contributed by atoms with van der Waals surface area (Å²) in [6, 6.07) is 12.8. The third kappa shape index (κ3) is 3.12. The predicted octanol–water partition coefficient (Wildman–Crippen LogP) is 3.21. The van der Waals surface area contributed by atoms with Gasteiger partial charge in [0.25, 0.3) is 0 Å². The van der Waals surface area contributed by atoms with Crippen LogP contribution < -0.4 is 5.32 Å². The molecule has 2 rings (SSSR count). The van der Waals surface area contributed by atoms with Crippen molar-refractivity contribution in [1.29, 1.82) is 0 Å². The number of rotatable bonds is 4. The summed E-state index contributed by atoms with van der Waals surface area (Å²) < 4.78 is 0. The van der Waals surface area contributed by atoms with Crippen LogP contribution in [0.1, 0.15) is 45.2 Å². The average molecular weight is 246 g/mol. The molecule has 2 atom stereocenters. The summed E-state index contributed by atoms with van der Waals surface area (Å²) >= 11 is 0. The van der Waals surface area contributed by atoms with E-state index in [1.807, 2.05) is 0 Å². The minimum absolute atomic E-state index is 0.573. The Morgan fingerprint density at radius 2 is 2.00 bits per heavy atom. The van der Waals surface area contributed by atoms with Gasteiger partial charge in [-0.1, -0.05) is 37.3 Å². The van der Waals surface area contributed by atoms with Gasteiger partial charge in [0, 0.05) is 24.7 Å². The minimum Gasteiger partial charge on any atom is -0.314 e. The lowest BCUT2D eigenvalue weighted by atomic mass is 9.90. The van der Waals surface area contributed by atoms with Gasteiger partial charge in [-0.05, 0) is 38.8 Å². The van der Waals surface area contributed by atoms with Crippen LogP contribution in [0.15, 0.2) is 30.3 Å². The summed E-state index contributed by atoms with van der Waals surface area (Å²) in [6.45, 7) is 9.10. The molecule has 0 bridgehead atoms. The van der Waals surface area contributed by atoms with Crippen LogP contribution in [0.2, 0.25) is 0 Å². The average Bonchev–Trinajstić information content (AvgIpc) is 2.40. The molecule has 18 heavy (non-hydrogen) atoms. The smallest absolute Gasteiger partial charge is 0.0365 e. The first kappa shape index (κ1) is 13.6. The van der Waals surface area contributed by atoms with E-state index >= 15 is 0 Å². The van der Waals surface area contributed by atoms with Gasteiger partial charge in [-0.2, -0.15) is 0 Å². The van der Waals surface area contributed by atoms with Crippen LogP contribution in [0.3, 0.4) is 0 Å². The number of nitrogens with one attached hydrogen (secondary N) is 1. The summed E-state index contributed by atoms with van der Waals surface area (Å²) in [6.07, 6.45) is 2.51. The van der Waals surface area contributed by atoms with E-state index in [1.54, 1.807) is 0 Å². The molecule has 2 heteroatoms. The second-order valence-corrected chi connectivity index (χ2v) is 5.54. The van der Waals surface area contributed by atoms with E-state index in [1.165, 1.54) is 24.9 Å². The van der Waals surface area contributed by atoms with Crippen molar-refractivity contribution in [3.8, 4) is 0 Å². The molecule has 1 aromatic carbocycles. The summed E-state index contributed by atoms with van der Waals surface area (Å²) in [7, 11) is 0. The molecular formula is C16H26N2. The highest BCUT2D eigenvalue weighted by Crippen LogP contribution is 2.32. The Hall–Kier alpha value is -0.860. The van der Waals surface area contributed by atoms with Gasteiger partial charge in [-0.15, -0.1) is 0 Å². The number of piperidine rings is 1. The summed E-state index contributed by atoms with van der Waals surface area (Å²) in [4.78, 5) is 2.64. The van der Waals surface area contributed by atoms with E-state index in [4.69, 9.17) is 0 Å². The molecule has 1 fully saturated rings. The van der Waals surface area contributed by atoms with Crippen molar-refractivity contribution in [3.05, 3.63) is 35.9 Å². The Kier molecular flexibility index (Phi) is 4.79. The van der Waals surface area contributed by atoms with Crippen LogP contribution in [-0.2, 0) is 0 Å². The van der Waals surface area contributed by atoms with Crippen LogP contribution in [0.25, 0.3) is 0 Å². The van der Waals surface area contributed by atoms with E-state index in [9.17, 15) is 0 Å². The molecule has 1 heterocycles. The van der Waals surface area contributed by atoms with Crippen molar-refractivity contribution in [2.75, 3.05) is 13.1 Å². The number of hydrogen-bond donors (Lipinski definition) is 1. The second kappa shape index (κ2) is 6.35. The summed E-state index contributed by atoms with van der Waals surface area (Å²) in [5.74, 6) is 0. The maximum atomic E-state index is 3.62. The van der Waals surface area contributed by atoms with Gasteiger partial charge in [0.2, 0.25) is 0 Å². The van der Waals surface area contributed by atoms with Crippen molar-refractivity contribution in [1.82, 2.24) is 10.2 Å². The zero-order valence-electron chi connectivity index (χ0n) is 11.9. The first-order valence-corrected chi connectivity index (χ1v) is 7.26. The number of likely N-dealkylation sites (tertiary alicyclic amines) is 1. The fraction of sp³-hybridized carbons (Fsp3) is 0.625. The van der Waals surface area contributed by atoms with E-state index in [0.717, 1.165) is 6.54 Å². The zero-order valence-corrected chi connectivity index (χ0v) is 11.9. The highest BCUT2D eigenvalue weighted by atomic mass is 15.2. The number of nitrogens with zero attached hydrogens (tertiary/aromatic N) is 1. The Morgan fingerprint density at radius 1 is 1.28 bits per heavy atom. The Balaban J connectivity index is 2.15. The second-order valence-electron chi connectivity index (χ2n) is 5.54. The molecule has 1 aliphatic heterocycles. The van der Waals surface area contributed by atoms with Crippen LogP contribution in [-0.4, -0.2) is 30.1 Å².